The molecule has 4 amide bonds. The molecular weight excluding hydrogens is 879 g/mol. The minimum Gasteiger partial charge on any atom is -0.379 e. The van der Waals surface area contributed by atoms with Crippen molar-refractivity contribution in [2.24, 2.45) is 23.7 Å². The molecule has 0 heterocycles. The van der Waals surface area contributed by atoms with Crippen molar-refractivity contribution in [2.45, 2.75) is 185 Å². The lowest BCUT2D eigenvalue weighted by atomic mass is 10.1. The first kappa shape index (κ1) is 69.0. The highest BCUT2D eigenvalue weighted by Crippen LogP contribution is 2.09. The van der Waals surface area contributed by atoms with Crippen LogP contribution in [0.1, 0.15) is 172 Å². The summed E-state index contributed by atoms with van der Waals surface area (Å²) in [5, 5.41) is 38.8. The Hall–Kier alpha value is -4.60. The van der Waals surface area contributed by atoms with Crippen LogP contribution in [-0.4, -0.2) is 110 Å². The van der Waals surface area contributed by atoms with Crippen molar-refractivity contribution in [2.75, 3.05) is 59.2 Å². The molecule has 0 aromatic rings. The fourth-order valence-corrected chi connectivity index (χ4v) is 5.04. The summed E-state index contributed by atoms with van der Waals surface area (Å²) in [6.07, 6.45) is 10.9. The summed E-state index contributed by atoms with van der Waals surface area (Å²) < 4.78 is 10.1. The summed E-state index contributed by atoms with van der Waals surface area (Å²) in [5.74, 6) is 2.39. The van der Waals surface area contributed by atoms with Gasteiger partial charge in [0.2, 0.25) is 23.6 Å². The maximum atomic E-state index is 11.4. The predicted octanol–water partition coefficient (Wildman–Crippen LogP) is 7.34. The largest absolute Gasteiger partial charge is 0.379 e. The summed E-state index contributed by atoms with van der Waals surface area (Å²) in [6, 6.07) is 0. The van der Waals surface area contributed by atoms with Crippen LogP contribution in [0.15, 0.2) is 0 Å². The lowest BCUT2D eigenvalue weighted by Crippen LogP contribution is -2.30. The molecule has 0 aliphatic carbocycles. The Balaban J connectivity index is -0.000000404. The van der Waals surface area contributed by atoms with Gasteiger partial charge in [0.1, 0.15) is 19.3 Å². The topological polar surface area (TPSA) is 292 Å². The minimum atomic E-state index is -1.23. The van der Waals surface area contributed by atoms with Gasteiger partial charge in [-0.25, -0.2) is 0 Å². The molecule has 0 aliphatic rings. The Kier molecular flexibility index (Phi) is 50.8. The van der Waals surface area contributed by atoms with Crippen molar-refractivity contribution in [1.82, 2.24) is 21.3 Å². The van der Waals surface area contributed by atoms with E-state index in [-0.39, 0.29) is 49.9 Å². The van der Waals surface area contributed by atoms with Crippen molar-refractivity contribution < 1.29 is 58.4 Å². The SMILES string of the molecule is CC(C)CCNC(=O)CCOCC(CO[N+](=O)[O-])O[N+](=O)[O-].CCC(CCCC(=O)NCCC(C)C)O[N+](=O)[O-].CCCCCCC(=O)NCCC(C)C.CCCOCC(=O)NCCC(C)C. The Morgan fingerprint density at radius 3 is 1.30 bits per heavy atom. The third-order valence-corrected chi connectivity index (χ3v) is 9.01. The number of carbonyl (C=O) groups excluding carboxylic acids is 4. The highest BCUT2D eigenvalue weighted by molar-refractivity contribution is 5.77. The summed E-state index contributed by atoms with van der Waals surface area (Å²) in [5.41, 5.74) is 0. The van der Waals surface area contributed by atoms with Gasteiger partial charge >= 0.3 is 0 Å². The highest BCUT2D eigenvalue weighted by atomic mass is 17.0. The van der Waals surface area contributed by atoms with Gasteiger partial charge < -0.3 is 45.3 Å². The van der Waals surface area contributed by atoms with E-state index in [9.17, 15) is 49.5 Å². The minimum absolute atomic E-state index is 0.00546. The van der Waals surface area contributed by atoms with Crippen LogP contribution in [0.5, 0.6) is 0 Å². The first-order valence-corrected chi connectivity index (χ1v) is 24.2. The molecule has 0 rings (SSSR count). The van der Waals surface area contributed by atoms with Gasteiger partial charge in [0.15, 0.2) is 6.10 Å². The molecule has 0 aliphatic heterocycles. The Labute approximate surface area is 400 Å². The van der Waals surface area contributed by atoms with Crippen LogP contribution in [0.25, 0.3) is 0 Å². The third-order valence-electron chi connectivity index (χ3n) is 9.01. The molecule has 2 atom stereocenters. The van der Waals surface area contributed by atoms with Crippen LogP contribution in [0, 0.1) is 54.0 Å². The Morgan fingerprint density at radius 1 is 0.463 bits per heavy atom. The van der Waals surface area contributed by atoms with Crippen molar-refractivity contribution in [3.63, 3.8) is 0 Å². The molecule has 0 radical (unpaired) electrons. The molecule has 0 spiro atoms. The molecular formula is C45H91N7O15. The number of hydrogen-bond donors (Lipinski definition) is 4. The maximum absolute atomic E-state index is 11.4. The van der Waals surface area contributed by atoms with Crippen LogP contribution in [-0.2, 0) is 43.2 Å². The Morgan fingerprint density at radius 2 is 0.896 bits per heavy atom. The van der Waals surface area contributed by atoms with Gasteiger partial charge in [-0.2, -0.15) is 0 Å². The fourth-order valence-electron chi connectivity index (χ4n) is 5.04. The van der Waals surface area contributed by atoms with Crippen molar-refractivity contribution >= 4 is 23.6 Å². The van der Waals surface area contributed by atoms with Crippen LogP contribution in [0.4, 0.5) is 0 Å². The van der Waals surface area contributed by atoms with Crippen molar-refractivity contribution in [3.8, 4) is 0 Å². The van der Waals surface area contributed by atoms with E-state index in [0.29, 0.717) is 75.5 Å². The predicted molar refractivity (Wildman–Crippen MR) is 256 cm³/mol. The summed E-state index contributed by atoms with van der Waals surface area (Å²) in [4.78, 5) is 88.2. The Bertz CT molecular complexity index is 1260. The normalized spacial score (nSPS) is 11.4. The molecule has 0 saturated carbocycles. The second-order valence-electron chi connectivity index (χ2n) is 17.5. The zero-order valence-electron chi connectivity index (χ0n) is 42.9. The van der Waals surface area contributed by atoms with Crippen molar-refractivity contribution in [1.29, 1.82) is 0 Å². The number of amides is 4. The van der Waals surface area contributed by atoms with Gasteiger partial charge in [0.25, 0.3) is 15.3 Å². The molecule has 67 heavy (non-hydrogen) atoms. The second-order valence-corrected chi connectivity index (χ2v) is 17.5. The zero-order chi connectivity index (χ0) is 51.8. The molecule has 2 unspecified atom stereocenters. The molecule has 22 heteroatoms. The van der Waals surface area contributed by atoms with E-state index in [4.69, 9.17) is 9.47 Å². The summed E-state index contributed by atoms with van der Waals surface area (Å²) in [7, 11) is 0. The number of hydrogen-bond acceptors (Lipinski definition) is 15. The highest BCUT2D eigenvalue weighted by Gasteiger charge is 2.17. The number of nitrogens with one attached hydrogen (secondary N) is 4. The molecule has 4 N–H and O–H groups in total. The van der Waals surface area contributed by atoms with Gasteiger partial charge in [0.05, 0.1) is 13.2 Å². The average Bonchev–Trinajstić information content (AvgIpc) is 3.22. The lowest BCUT2D eigenvalue weighted by molar-refractivity contribution is -0.790. The van der Waals surface area contributed by atoms with Gasteiger partial charge in [-0.05, 0) is 81.5 Å². The van der Waals surface area contributed by atoms with Gasteiger partial charge in [-0.1, -0.05) is 95.4 Å². The van der Waals surface area contributed by atoms with E-state index in [1.54, 1.807) is 0 Å². The van der Waals surface area contributed by atoms with Crippen LogP contribution in [0.2, 0.25) is 0 Å². The number of nitrogens with zero attached hydrogens (tertiary/aromatic N) is 3. The van der Waals surface area contributed by atoms with E-state index >= 15 is 0 Å². The lowest BCUT2D eigenvalue weighted by Gasteiger charge is -2.13. The molecule has 396 valence electrons. The van der Waals surface area contributed by atoms with Crippen molar-refractivity contribution in [3.05, 3.63) is 30.3 Å². The molecule has 0 fully saturated rings. The number of rotatable bonds is 38. The smallest absolute Gasteiger partial charge is 0.294 e. The summed E-state index contributed by atoms with van der Waals surface area (Å²) >= 11 is 0. The number of unbranched alkanes of at least 4 members (excludes halogenated alkanes) is 3. The van der Waals surface area contributed by atoms with E-state index in [2.05, 4.69) is 84.2 Å². The molecule has 0 bridgehead atoms. The van der Waals surface area contributed by atoms with E-state index in [1.807, 2.05) is 27.7 Å². The molecule has 0 saturated heterocycles. The summed E-state index contributed by atoms with van der Waals surface area (Å²) in [6.45, 7) is 25.8. The molecule has 0 aromatic heterocycles. The zero-order valence-corrected chi connectivity index (χ0v) is 42.9. The van der Waals surface area contributed by atoms with E-state index in [0.717, 1.165) is 51.6 Å². The van der Waals surface area contributed by atoms with Gasteiger partial charge in [-0.15, -0.1) is 30.3 Å². The standard InChI is InChI=1S/C12H24N2O4.C12H25NO.C11H21N3O8.C10H21NO2/c1-4-11(18-14(16)17)6-5-7-12(15)13-9-8-10(2)3;1-4-5-6-7-8-12(14)13-10-9-11(2)3;1-9(2)3-5-12-11(15)4-6-20-7-10(22-14(18)19)8-21-13(16)17;1-4-7-13-8-10(12)11-6-5-9(2)3/h10-11H,4-9H2,1-3H3,(H,13,15);11H,4-10H2,1-3H3,(H,13,14);9-10H,3-8H2,1-2H3,(H,12,15);9H,4-8H2,1-3H3,(H,11,12). The first-order chi connectivity index (χ1) is 31.6. The quantitative estimate of drug-likeness (QED) is 0.0267. The van der Waals surface area contributed by atoms with Gasteiger partial charge in [-0.3, -0.25) is 19.2 Å². The van der Waals surface area contributed by atoms with E-state index < -0.39 is 34.1 Å². The van der Waals surface area contributed by atoms with Crippen LogP contribution < -0.4 is 21.3 Å². The first-order valence-electron chi connectivity index (χ1n) is 24.2. The van der Waals surface area contributed by atoms with Crippen LogP contribution in [0.3, 0.4) is 0 Å². The monoisotopic (exact) mass is 970 g/mol. The number of carbonyl (C=O) groups is 4. The average molecular weight is 970 g/mol. The van der Waals surface area contributed by atoms with E-state index in [1.165, 1.54) is 19.3 Å². The molecule has 22 nitrogen and oxygen atoms in total. The number of ether oxygens (including phenoxy) is 2. The maximum Gasteiger partial charge on any atom is 0.294 e. The second kappa shape index (κ2) is 49.3. The third kappa shape index (κ3) is 63.5. The molecule has 0 aromatic carbocycles. The fraction of sp³-hybridized carbons (Fsp3) is 0.911. The van der Waals surface area contributed by atoms with Crippen LogP contribution >= 0.6 is 0 Å². The van der Waals surface area contributed by atoms with Gasteiger partial charge in [0, 0.05) is 52.0 Å².